The summed E-state index contributed by atoms with van der Waals surface area (Å²) in [5.41, 5.74) is 4.02. The number of para-hydroxylation sites is 1. The number of hydrogen-bond donors (Lipinski definition) is 1. The SMILES string of the molecule is Cc1cccc(CNCCCn2ccc3ccccc32)c1. The molecule has 0 spiro atoms. The topological polar surface area (TPSA) is 17.0 Å². The predicted octanol–water partition coefficient (Wildman–Crippen LogP) is 4.13. The second-order valence-electron chi connectivity index (χ2n) is 5.59. The minimum absolute atomic E-state index is 0.952. The molecule has 0 fully saturated rings. The van der Waals surface area contributed by atoms with Crippen molar-refractivity contribution in [3.05, 3.63) is 71.9 Å². The lowest BCUT2D eigenvalue weighted by atomic mass is 10.1. The molecule has 0 bridgehead atoms. The van der Waals surface area contributed by atoms with Crippen LogP contribution in [-0.4, -0.2) is 11.1 Å². The Bertz CT molecular complexity index is 712. The molecule has 3 aromatic rings. The molecule has 0 saturated heterocycles. The fourth-order valence-corrected chi connectivity index (χ4v) is 2.76. The largest absolute Gasteiger partial charge is 0.347 e. The van der Waals surface area contributed by atoms with E-state index in [4.69, 9.17) is 0 Å². The van der Waals surface area contributed by atoms with Crippen LogP contribution >= 0.6 is 0 Å². The molecular formula is C19H22N2. The van der Waals surface area contributed by atoms with E-state index in [1.54, 1.807) is 0 Å². The Balaban J connectivity index is 1.46. The van der Waals surface area contributed by atoms with Gasteiger partial charge >= 0.3 is 0 Å². The molecule has 0 aliphatic rings. The van der Waals surface area contributed by atoms with Crippen molar-refractivity contribution in [3.8, 4) is 0 Å². The second kappa shape index (κ2) is 6.59. The summed E-state index contributed by atoms with van der Waals surface area (Å²) in [5, 5.41) is 4.85. The molecular weight excluding hydrogens is 256 g/mol. The minimum Gasteiger partial charge on any atom is -0.347 e. The zero-order valence-electron chi connectivity index (χ0n) is 12.5. The summed E-state index contributed by atoms with van der Waals surface area (Å²) in [5.74, 6) is 0. The Morgan fingerprint density at radius 1 is 1.00 bits per heavy atom. The molecule has 1 aromatic heterocycles. The smallest absolute Gasteiger partial charge is 0.0480 e. The molecule has 3 rings (SSSR count). The van der Waals surface area contributed by atoms with Crippen molar-refractivity contribution in [2.45, 2.75) is 26.4 Å². The van der Waals surface area contributed by atoms with Gasteiger partial charge in [-0.05, 0) is 43.0 Å². The van der Waals surface area contributed by atoms with Gasteiger partial charge in [-0.1, -0.05) is 48.0 Å². The lowest BCUT2D eigenvalue weighted by molar-refractivity contribution is 0.590. The van der Waals surface area contributed by atoms with Gasteiger partial charge in [-0.25, -0.2) is 0 Å². The summed E-state index contributed by atoms with van der Waals surface area (Å²) in [7, 11) is 0. The highest BCUT2D eigenvalue weighted by atomic mass is 15.0. The molecule has 1 N–H and O–H groups in total. The van der Waals surface area contributed by atoms with Crippen molar-refractivity contribution in [1.82, 2.24) is 9.88 Å². The summed E-state index contributed by atoms with van der Waals surface area (Å²) >= 11 is 0. The van der Waals surface area contributed by atoms with Crippen molar-refractivity contribution in [3.63, 3.8) is 0 Å². The van der Waals surface area contributed by atoms with Crippen LogP contribution in [0.4, 0.5) is 0 Å². The number of fused-ring (bicyclic) bond motifs is 1. The van der Waals surface area contributed by atoms with Crippen LogP contribution in [-0.2, 0) is 13.1 Å². The van der Waals surface area contributed by atoms with E-state index in [-0.39, 0.29) is 0 Å². The molecule has 108 valence electrons. The van der Waals surface area contributed by atoms with Crippen molar-refractivity contribution < 1.29 is 0 Å². The maximum absolute atomic E-state index is 3.53. The highest BCUT2D eigenvalue weighted by Gasteiger charge is 1.99. The minimum atomic E-state index is 0.952. The van der Waals surface area contributed by atoms with Gasteiger partial charge < -0.3 is 9.88 Å². The maximum Gasteiger partial charge on any atom is 0.0480 e. The number of nitrogens with one attached hydrogen (secondary N) is 1. The third kappa shape index (κ3) is 3.53. The third-order valence-corrected chi connectivity index (χ3v) is 3.84. The van der Waals surface area contributed by atoms with E-state index in [9.17, 15) is 0 Å². The lowest BCUT2D eigenvalue weighted by Crippen LogP contribution is -2.16. The van der Waals surface area contributed by atoms with Gasteiger partial charge in [-0.2, -0.15) is 0 Å². The molecule has 1 heterocycles. The van der Waals surface area contributed by atoms with Gasteiger partial charge in [0.15, 0.2) is 0 Å². The summed E-state index contributed by atoms with van der Waals surface area (Å²) < 4.78 is 2.34. The molecule has 0 unspecified atom stereocenters. The molecule has 0 aliphatic heterocycles. The Morgan fingerprint density at radius 2 is 1.90 bits per heavy atom. The molecule has 21 heavy (non-hydrogen) atoms. The first-order valence-corrected chi connectivity index (χ1v) is 7.63. The van der Waals surface area contributed by atoms with E-state index in [2.05, 4.69) is 77.6 Å². The van der Waals surface area contributed by atoms with Crippen LogP contribution in [0.25, 0.3) is 10.9 Å². The summed E-state index contributed by atoms with van der Waals surface area (Å²) in [4.78, 5) is 0. The van der Waals surface area contributed by atoms with Crippen molar-refractivity contribution in [2.24, 2.45) is 0 Å². The molecule has 2 aromatic carbocycles. The predicted molar refractivity (Wildman–Crippen MR) is 89.4 cm³/mol. The van der Waals surface area contributed by atoms with E-state index in [0.29, 0.717) is 0 Å². The van der Waals surface area contributed by atoms with Crippen LogP contribution in [0.2, 0.25) is 0 Å². The lowest BCUT2D eigenvalue weighted by Gasteiger charge is -2.08. The van der Waals surface area contributed by atoms with Gasteiger partial charge in [0.2, 0.25) is 0 Å². The number of nitrogens with zero attached hydrogens (tertiary/aromatic N) is 1. The molecule has 0 amide bonds. The molecule has 2 nitrogen and oxygen atoms in total. The average Bonchev–Trinajstić information content (AvgIpc) is 2.90. The summed E-state index contributed by atoms with van der Waals surface area (Å²) in [6.07, 6.45) is 3.33. The Hall–Kier alpha value is -2.06. The van der Waals surface area contributed by atoms with Crippen LogP contribution in [0, 0.1) is 6.92 Å². The van der Waals surface area contributed by atoms with Gasteiger partial charge in [0.05, 0.1) is 0 Å². The van der Waals surface area contributed by atoms with Crippen LogP contribution < -0.4 is 5.32 Å². The van der Waals surface area contributed by atoms with E-state index < -0.39 is 0 Å². The van der Waals surface area contributed by atoms with Crippen molar-refractivity contribution in [2.75, 3.05) is 6.54 Å². The number of aromatic nitrogens is 1. The number of hydrogen-bond acceptors (Lipinski definition) is 1. The Morgan fingerprint density at radius 3 is 2.81 bits per heavy atom. The van der Waals surface area contributed by atoms with Crippen LogP contribution in [0.3, 0.4) is 0 Å². The number of rotatable bonds is 6. The van der Waals surface area contributed by atoms with Crippen LogP contribution in [0.5, 0.6) is 0 Å². The Labute approximate surface area is 126 Å². The summed E-state index contributed by atoms with van der Waals surface area (Å²) in [6, 6.07) is 19.4. The monoisotopic (exact) mass is 278 g/mol. The molecule has 0 radical (unpaired) electrons. The second-order valence-corrected chi connectivity index (χ2v) is 5.59. The van der Waals surface area contributed by atoms with Gasteiger partial charge in [0.25, 0.3) is 0 Å². The van der Waals surface area contributed by atoms with Crippen molar-refractivity contribution >= 4 is 10.9 Å². The van der Waals surface area contributed by atoms with E-state index in [1.807, 2.05) is 0 Å². The Kier molecular flexibility index (Phi) is 4.37. The van der Waals surface area contributed by atoms with Gasteiger partial charge in [-0.3, -0.25) is 0 Å². The normalized spacial score (nSPS) is 11.1. The first-order valence-electron chi connectivity index (χ1n) is 7.63. The standard InChI is InChI=1S/C19H22N2/c1-16-6-4-7-17(14-16)15-20-11-5-12-21-13-10-18-8-2-3-9-19(18)21/h2-4,6-10,13-14,20H,5,11-12,15H2,1H3. The average molecular weight is 278 g/mol. The fourth-order valence-electron chi connectivity index (χ4n) is 2.76. The first-order chi connectivity index (χ1) is 10.3. The highest BCUT2D eigenvalue weighted by Crippen LogP contribution is 2.15. The van der Waals surface area contributed by atoms with E-state index >= 15 is 0 Å². The highest BCUT2D eigenvalue weighted by molar-refractivity contribution is 5.79. The zero-order valence-corrected chi connectivity index (χ0v) is 12.5. The van der Waals surface area contributed by atoms with Gasteiger partial charge in [0, 0.05) is 24.8 Å². The molecule has 0 saturated carbocycles. The molecule has 0 aliphatic carbocycles. The molecule has 2 heteroatoms. The van der Waals surface area contributed by atoms with E-state index in [1.165, 1.54) is 22.0 Å². The van der Waals surface area contributed by atoms with Gasteiger partial charge in [-0.15, -0.1) is 0 Å². The zero-order chi connectivity index (χ0) is 14.5. The summed E-state index contributed by atoms with van der Waals surface area (Å²) in [6.45, 7) is 5.20. The number of aryl methyl sites for hydroxylation is 2. The maximum atomic E-state index is 3.53. The quantitative estimate of drug-likeness (QED) is 0.671. The fraction of sp³-hybridized carbons (Fsp3) is 0.263. The molecule has 0 atom stereocenters. The van der Waals surface area contributed by atoms with Crippen molar-refractivity contribution in [1.29, 1.82) is 0 Å². The van der Waals surface area contributed by atoms with Crippen LogP contribution in [0.1, 0.15) is 17.5 Å². The van der Waals surface area contributed by atoms with Crippen LogP contribution in [0.15, 0.2) is 60.8 Å². The van der Waals surface area contributed by atoms with Gasteiger partial charge in [0.1, 0.15) is 0 Å². The number of benzene rings is 2. The van der Waals surface area contributed by atoms with E-state index in [0.717, 1.165) is 26.1 Å². The first kappa shape index (κ1) is 13.9. The third-order valence-electron chi connectivity index (χ3n) is 3.84.